The van der Waals surface area contributed by atoms with Gasteiger partial charge in [0.2, 0.25) is 0 Å². The first-order chi connectivity index (χ1) is 9.79. The van der Waals surface area contributed by atoms with Crippen molar-refractivity contribution in [2.75, 3.05) is 46.0 Å². The quantitative estimate of drug-likeness (QED) is 0.738. The minimum atomic E-state index is -0.00724. The van der Waals surface area contributed by atoms with Crippen LogP contribution in [0, 0.1) is 5.92 Å². The number of hydrogen-bond acceptors (Lipinski definition) is 5. The second-order valence-corrected chi connectivity index (χ2v) is 5.72. The largest absolute Gasteiger partial charge is 0.466 e. The predicted octanol–water partition coefficient (Wildman–Crippen LogP) is 1.03. The molecule has 0 aromatic carbocycles. The van der Waals surface area contributed by atoms with Gasteiger partial charge in [0.25, 0.3) is 0 Å². The summed E-state index contributed by atoms with van der Waals surface area (Å²) in [7, 11) is 0. The summed E-state index contributed by atoms with van der Waals surface area (Å²) in [6, 6.07) is 0.471. The van der Waals surface area contributed by atoms with E-state index in [1.165, 1.54) is 6.42 Å². The lowest BCUT2D eigenvalue weighted by atomic mass is 9.86. The van der Waals surface area contributed by atoms with Crippen molar-refractivity contribution < 1.29 is 14.3 Å². The zero-order valence-corrected chi connectivity index (χ0v) is 12.6. The van der Waals surface area contributed by atoms with E-state index in [1.807, 2.05) is 6.92 Å². The molecule has 1 heterocycles. The van der Waals surface area contributed by atoms with Gasteiger partial charge >= 0.3 is 5.97 Å². The molecule has 1 aliphatic heterocycles. The lowest BCUT2D eigenvalue weighted by molar-refractivity contribution is -0.149. The molecule has 20 heavy (non-hydrogen) atoms. The summed E-state index contributed by atoms with van der Waals surface area (Å²) in [6.45, 7) is 8.23. The molecule has 2 unspecified atom stereocenters. The lowest BCUT2D eigenvalue weighted by Crippen LogP contribution is -2.43. The molecule has 2 aliphatic rings. The van der Waals surface area contributed by atoms with Gasteiger partial charge in [0.1, 0.15) is 0 Å². The number of carbonyl (C=O) groups excluding carboxylic acids is 1. The van der Waals surface area contributed by atoms with Crippen molar-refractivity contribution in [1.82, 2.24) is 10.2 Å². The molecule has 0 radical (unpaired) electrons. The van der Waals surface area contributed by atoms with Gasteiger partial charge in [-0.1, -0.05) is 6.42 Å². The maximum absolute atomic E-state index is 11.8. The van der Waals surface area contributed by atoms with Gasteiger partial charge in [-0.3, -0.25) is 9.69 Å². The Morgan fingerprint density at radius 1 is 1.35 bits per heavy atom. The number of morpholine rings is 1. The molecule has 2 fully saturated rings. The fraction of sp³-hybridized carbons (Fsp3) is 0.933. The lowest BCUT2D eigenvalue weighted by Gasteiger charge is -2.30. The van der Waals surface area contributed by atoms with Gasteiger partial charge in [-0.05, 0) is 26.2 Å². The van der Waals surface area contributed by atoms with Crippen molar-refractivity contribution in [2.45, 2.75) is 38.6 Å². The van der Waals surface area contributed by atoms with Crippen LogP contribution in [-0.2, 0) is 14.3 Å². The normalized spacial score (nSPS) is 28.2. The SMILES string of the molecule is CCOC(=O)C1CCCC(NCCN2CCOCC2)C1. The Hall–Kier alpha value is -0.650. The molecular formula is C15H28N2O3. The first kappa shape index (κ1) is 15.7. The summed E-state index contributed by atoms with van der Waals surface area (Å²) < 4.78 is 10.5. The summed E-state index contributed by atoms with van der Waals surface area (Å²) in [6.07, 6.45) is 4.22. The second-order valence-electron chi connectivity index (χ2n) is 5.72. The Morgan fingerprint density at radius 2 is 2.15 bits per heavy atom. The zero-order chi connectivity index (χ0) is 14.2. The van der Waals surface area contributed by atoms with Crippen molar-refractivity contribution in [1.29, 1.82) is 0 Å². The van der Waals surface area contributed by atoms with E-state index in [1.54, 1.807) is 0 Å². The number of ether oxygens (including phenoxy) is 2. The highest BCUT2D eigenvalue weighted by atomic mass is 16.5. The van der Waals surface area contributed by atoms with Crippen LogP contribution in [0.15, 0.2) is 0 Å². The minimum Gasteiger partial charge on any atom is -0.466 e. The molecule has 1 aliphatic carbocycles. The third kappa shape index (κ3) is 5.04. The van der Waals surface area contributed by atoms with E-state index in [2.05, 4.69) is 10.2 Å². The molecule has 5 heteroatoms. The van der Waals surface area contributed by atoms with Gasteiger partial charge in [-0.2, -0.15) is 0 Å². The molecule has 0 bridgehead atoms. The van der Waals surface area contributed by atoms with Crippen molar-refractivity contribution in [3.05, 3.63) is 0 Å². The molecule has 0 aromatic heterocycles. The average Bonchev–Trinajstić information content (AvgIpc) is 2.49. The molecule has 2 atom stereocenters. The van der Waals surface area contributed by atoms with Crippen LogP contribution >= 0.6 is 0 Å². The average molecular weight is 284 g/mol. The topological polar surface area (TPSA) is 50.8 Å². The van der Waals surface area contributed by atoms with Crippen molar-refractivity contribution in [3.8, 4) is 0 Å². The Balaban J connectivity index is 1.63. The summed E-state index contributed by atoms with van der Waals surface area (Å²) in [5, 5.41) is 3.61. The van der Waals surface area contributed by atoms with E-state index in [-0.39, 0.29) is 11.9 Å². The molecule has 2 rings (SSSR count). The van der Waals surface area contributed by atoms with Crippen LogP contribution in [0.3, 0.4) is 0 Å². The molecule has 0 amide bonds. The van der Waals surface area contributed by atoms with Crippen LogP contribution in [0.1, 0.15) is 32.6 Å². The molecule has 5 nitrogen and oxygen atoms in total. The Morgan fingerprint density at radius 3 is 2.90 bits per heavy atom. The molecule has 1 saturated carbocycles. The second kappa shape index (κ2) is 8.60. The van der Waals surface area contributed by atoms with Crippen LogP contribution in [0.5, 0.6) is 0 Å². The fourth-order valence-corrected chi connectivity index (χ4v) is 3.10. The van der Waals surface area contributed by atoms with E-state index < -0.39 is 0 Å². The highest BCUT2D eigenvalue weighted by molar-refractivity contribution is 5.72. The third-order valence-corrected chi connectivity index (χ3v) is 4.26. The third-order valence-electron chi connectivity index (χ3n) is 4.26. The fourth-order valence-electron chi connectivity index (χ4n) is 3.10. The first-order valence-corrected chi connectivity index (χ1v) is 7.99. The van der Waals surface area contributed by atoms with Gasteiger partial charge in [-0.25, -0.2) is 0 Å². The summed E-state index contributed by atoms with van der Waals surface area (Å²) in [5.41, 5.74) is 0. The predicted molar refractivity (Wildman–Crippen MR) is 77.6 cm³/mol. The number of nitrogens with one attached hydrogen (secondary N) is 1. The molecule has 116 valence electrons. The van der Waals surface area contributed by atoms with Crippen molar-refractivity contribution in [2.24, 2.45) is 5.92 Å². The number of rotatable bonds is 6. The molecule has 0 aromatic rings. The Kier molecular flexibility index (Phi) is 6.76. The van der Waals surface area contributed by atoms with E-state index >= 15 is 0 Å². The van der Waals surface area contributed by atoms with E-state index in [4.69, 9.17) is 9.47 Å². The Labute approximate surface area is 122 Å². The van der Waals surface area contributed by atoms with Crippen LogP contribution in [-0.4, -0.2) is 62.9 Å². The molecule has 1 saturated heterocycles. The monoisotopic (exact) mass is 284 g/mol. The summed E-state index contributed by atoms with van der Waals surface area (Å²) >= 11 is 0. The highest BCUT2D eigenvalue weighted by Crippen LogP contribution is 2.25. The van der Waals surface area contributed by atoms with Crippen LogP contribution in [0.2, 0.25) is 0 Å². The van der Waals surface area contributed by atoms with Crippen LogP contribution in [0.4, 0.5) is 0 Å². The van der Waals surface area contributed by atoms with Gasteiger partial charge in [0.15, 0.2) is 0 Å². The summed E-state index contributed by atoms with van der Waals surface area (Å²) in [5.74, 6) is 0.0942. The van der Waals surface area contributed by atoms with E-state index in [0.717, 1.165) is 58.7 Å². The maximum Gasteiger partial charge on any atom is 0.308 e. The highest BCUT2D eigenvalue weighted by Gasteiger charge is 2.27. The van der Waals surface area contributed by atoms with E-state index in [0.29, 0.717) is 12.6 Å². The van der Waals surface area contributed by atoms with Crippen LogP contribution in [0.25, 0.3) is 0 Å². The van der Waals surface area contributed by atoms with Crippen molar-refractivity contribution >= 4 is 5.97 Å². The van der Waals surface area contributed by atoms with Crippen LogP contribution < -0.4 is 5.32 Å². The number of carbonyl (C=O) groups is 1. The van der Waals surface area contributed by atoms with Gasteiger partial charge in [0, 0.05) is 32.2 Å². The molecular weight excluding hydrogens is 256 g/mol. The van der Waals surface area contributed by atoms with Gasteiger partial charge in [-0.15, -0.1) is 0 Å². The standard InChI is InChI=1S/C15H28N2O3/c1-2-20-15(18)13-4-3-5-14(12-13)16-6-7-17-8-10-19-11-9-17/h13-14,16H,2-12H2,1H3. The molecule has 0 spiro atoms. The number of esters is 1. The number of hydrogen-bond donors (Lipinski definition) is 1. The summed E-state index contributed by atoms with van der Waals surface area (Å²) in [4.78, 5) is 14.2. The van der Waals surface area contributed by atoms with Gasteiger partial charge < -0.3 is 14.8 Å². The number of nitrogens with zero attached hydrogens (tertiary/aromatic N) is 1. The van der Waals surface area contributed by atoms with E-state index in [9.17, 15) is 4.79 Å². The minimum absolute atomic E-state index is 0.00724. The van der Waals surface area contributed by atoms with Gasteiger partial charge in [0.05, 0.1) is 25.7 Å². The zero-order valence-electron chi connectivity index (χ0n) is 12.6. The smallest absolute Gasteiger partial charge is 0.308 e. The Bertz CT molecular complexity index is 293. The van der Waals surface area contributed by atoms with Crippen molar-refractivity contribution in [3.63, 3.8) is 0 Å². The maximum atomic E-state index is 11.8. The first-order valence-electron chi connectivity index (χ1n) is 7.99. The molecule has 1 N–H and O–H groups in total.